The Morgan fingerprint density at radius 2 is 2.00 bits per heavy atom. The number of likely N-dealkylation sites (tertiary alicyclic amines) is 2. The standard InChI is InChI=1S/C12H25N3O/c1-14-7-3-11(4-8-14)15-6-2-5-12(16,9-13)10-15/h11,16H,2-10,13H2,1H3. The van der Waals surface area contributed by atoms with Crippen molar-refractivity contribution in [1.29, 1.82) is 0 Å². The number of hydrogen-bond donors (Lipinski definition) is 2. The van der Waals surface area contributed by atoms with Gasteiger partial charge in [0.25, 0.3) is 0 Å². The monoisotopic (exact) mass is 227 g/mol. The molecule has 0 aromatic carbocycles. The number of β-amino-alcohol motifs (C(OH)–C–C–N with tert-alkyl or cyclic N) is 1. The van der Waals surface area contributed by atoms with E-state index in [9.17, 15) is 5.11 Å². The van der Waals surface area contributed by atoms with Gasteiger partial charge in [-0.3, -0.25) is 4.90 Å². The average Bonchev–Trinajstić information content (AvgIpc) is 2.30. The maximum absolute atomic E-state index is 10.3. The van der Waals surface area contributed by atoms with Crippen molar-refractivity contribution in [3.05, 3.63) is 0 Å². The van der Waals surface area contributed by atoms with Crippen LogP contribution in [0, 0.1) is 0 Å². The van der Waals surface area contributed by atoms with Gasteiger partial charge >= 0.3 is 0 Å². The van der Waals surface area contributed by atoms with Crippen LogP contribution in [0.25, 0.3) is 0 Å². The summed E-state index contributed by atoms with van der Waals surface area (Å²) in [5.74, 6) is 0. The van der Waals surface area contributed by atoms with E-state index in [1.54, 1.807) is 0 Å². The van der Waals surface area contributed by atoms with Gasteiger partial charge in [0, 0.05) is 19.1 Å². The summed E-state index contributed by atoms with van der Waals surface area (Å²) in [6.45, 7) is 4.68. The Morgan fingerprint density at radius 3 is 2.62 bits per heavy atom. The van der Waals surface area contributed by atoms with Gasteiger partial charge in [0.2, 0.25) is 0 Å². The molecule has 2 heterocycles. The van der Waals surface area contributed by atoms with Crippen LogP contribution in [-0.4, -0.2) is 66.3 Å². The summed E-state index contributed by atoms with van der Waals surface area (Å²) in [5.41, 5.74) is 5.04. The predicted molar refractivity (Wildman–Crippen MR) is 65.3 cm³/mol. The molecule has 0 aliphatic carbocycles. The molecule has 4 nitrogen and oxygen atoms in total. The van der Waals surface area contributed by atoms with Crippen LogP contribution in [0.15, 0.2) is 0 Å². The SMILES string of the molecule is CN1CCC(N2CCCC(O)(CN)C2)CC1. The van der Waals surface area contributed by atoms with Gasteiger partial charge in [0.15, 0.2) is 0 Å². The van der Waals surface area contributed by atoms with Crippen molar-refractivity contribution in [2.24, 2.45) is 5.73 Å². The maximum atomic E-state index is 10.3. The summed E-state index contributed by atoms with van der Waals surface area (Å²) >= 11 is 0. The number of nitrogens with two attached hydrogens (primary N) is 1. The van der Waals surface area contributed by atoms with Gasteiger partial charge in [-0.1, -0.05) is 0 Å². The van der Waals surface area contributed by atoms with Gasteiger partial charge in [0.1, 0.15) is 0 Å². The molecule has 2 aliphatic rings. The topological polar surface area (TPSA) is 52.7 Å². The highest BCUT2D eigenvalue weighted by Gasteiger charge is 2.35. The Bertz CT molecular complexity index is 228. The van der Waals surface area contributed by atoms with Gasteiger partial charge in [0.05, 0.1) is 5.60 Å². The highest BCUT2D eigenvalue weighted by atomic mass is 16.3. The van der Waals surface area contributed by atoms with E-state index >= 15 is 0 Å². The van der Waals surface area contributed by atoms with Crippen molar-refractivity contribution in [3.63, 3.8) is 0 Å². The van der Waals surface area contributed by atoms with E-state index in [0.29, 0.717) is 12.6 Å². The lowest BCUT2D eigenvalue weighted by molar-refractivity contribution is -0.0443. The van der Waals surface area contributed by atoms with Crippen LogP contribution in [0.2, 0.25) is 0 Å². The number of nitrogens with zero attached hydrogens (tertiary/aromatic N) is 2. The van der Waals surface area contributed by atoms with Crippen LogP contribution in [0.5, 0.6) is 0 Å². The summed E-state index contributed by atoms with van der Waals surface area (Å²) in [6, 6.07) is 0.662. The highest BCUT2D eigenvalue weighted by molar-refractivity contribution is 4.91. The first kappa shape index (κ1) is 12.3. The third kappa shape index (κ3) is 2.74. The zero-order chi connectivity index (χ0) is 11.6. The molecule has 0 radical (unpaired) electrons. The largest absolute Gasteiger partial charge is 0.387 e. The van der Waals surface area contributed by atoms with E-state index in [1.165, 1.54) is 25.9 Å². The maximum Gasteiger partial charge on any atom is 0.0896 e. The van der Waals surface area contributed by atoms with Gasteiger partial charge in [-0.15, -0.1) is 0 Å². The first-order valence-corrected chi connectivity index (χ1v) is 6.48. The van der Waals surface area contributed by atoms with Crippen LogP contribution >= 0.6 is 0 Å². The minimum Gasteiger partial charge on any atom is -0.387 e. The van der Waals surface area contributed by atoms with E-state index in [2.05, 4.69) is 16.8 Å². The molecule has 0 amide bonds. The first-order chi connectivity index (χ1) is 7.63. The molecule has 0 bridgehead atoms. The van der Waals surface area contributed by atoms with Crippen LogP contribution in [0.4, 0.5) is 0 Å². The van der Waals surface area contributed by atoms with E-state index in [-0.39, 0.29) is 0 Å². The van der Waals surface area contributed by atoms with E-state index in [1.807, 2.05) is 0 Å². The summed E-state index contributed by atoms with van der Waals surface area (Å²) < 4.78 is 0. The van der Waals surface area contributed by atoms with Crippen molar-refractivity contribution in [2.45, 2.75) is 37.3 Å². The number of aliphatic hydroxyl groups is 1. The fourth-order valence-corrected chi connectivity index (χ4v) is 2.99. The molecule has 1 atom stereocenters. The number of piperidine rings is 2. The molecule has 0 aromatic rings. The third-order valence-corrected chi connectivity index (χ3v) is 4.17. The molecule has 0 saturated carbocycles. The van der Waals surface area contributed by atoms with Crippen molar-refractivity contribution in [2.75, 3.05) is 39.8 Å². The van der Waals surface area contributed by atoms with Crippen molar-refractivity contribution in [3.8, 4) is 0 Å². The Balaban J connectivity index is 1.89. The molecule has 1 unspecified atom stereocenters. The minimum atomic E-state index is -0.623. The quantitative estimate of drug-likeness (QED) is 0.690. The lowest BCUT2D eigenvalue weighted by Gasteiger charge is -2.44. The summed E-state index contributed by atoms with van der Waals surface area (Å²) in [4.78, 5) is 4.85. The second kappa shape index (κ2) is 5.00. The summed E-state index contributed by atoms with van der Waals surface area (Å²) in [5, 5.41) is 10.3. The summed E-state index contributed by atoms with van der Waals surface area (Å²) in [7, 11) is 2.18. The van der Waals surface area contributed by atoms with E-state index < -0.39 is 5.60 Å². The smallest absolute Gasteiger partial charge is 0.0896 e. The molecular weight excluding hydrogens is 202 g/mol. The van der Waals surface area contributed by atoms with E-state index in [0.717, 1.165) is 25.9 Å². The molecule has 3 N–H and O–H groups in total. The highest BCUT2D eigenvalue weighted by Crippen LogP contribution is 2.25. The molecule has 2 rings (SSSR count). The molecule has 2 saturated heterocycles. The predicted octanol–water partition coefficient (Wildman–Crippen LogP) is -0.134. The van der Waals surface area contributed by atoms with Gasteiger partial charge in [-0.05, 0) is 52.4 Å². The van der Waals surface area contributed by atoms with E-state index in [4.69, 9.17) is 5.73 Å². The van der Waals surface area contributed by atoms with Gasteiger partial charge in [-0.2, -0.15) is 0 Å². The fraction of sp³-hybridized carbons (Fsp3) is 1.00. The molecule has 0 aromatic heterocycles. The first-order valence-electron chi connectivity index (χ1n) is 6.48. The van der Waals surface area contributed by atoms with Crippen LogP contribution in [0.1, 0.15) is 25.7 Å². The van der Waals surface area contributed by atoms with Crippen LogP contribution in [0.3, 0.4) is 0 Å². The van der Waals surface area contributed by atoms with Crippen molar-refractivity contribution in [1.82, 2.24) is 9.80 Å². The van der Waals surface area contributed by atoms with Crippen LogP contribution in [-0.2, 0) is 0 Å². The van der Waals surface area contributed by atoms with Crippen molar-refractivity contribution < 1.29 is 5.11 Å². The number of rotatable bonds is 2. The molecule has 16 heavy (non-hydrogen) atoms. The summed E-state index contributed by atoms with van der Waals surface area (Å²) in [6.07, 6.45) is 4.42. The minimum absolute atomic E-state index is 0.399. The second-order valence-corrected chi connectivity index (χ2v) is 5.54. The van der Waals surface area contributed by atoms with Crippen LogP contribution < -0.4 is 5.73 Å². The molecule has 0 spiro atoms. The normalized spacial score (nSPS) is 35.4. The Labute approximate surface area is 98.4 Å². The molecule has 2 fully saturated rings. The molecular formula is C12H25N3O. The number of hydrogen-bond acceptors (Lipinski definition) is 4. The van der Waals surface area contributed by atoms with Gasteiger partial charge < -0.3 is 15.7 Å². The fourth-order valence-electron chi connectivity index (χ4n) is 2.99. The molecule has 2 aliphatic heterocycles. The van der Waals surface area contributed by atoms with Crippen molar-refractivity contribution >= 4 is 0 Å². The zero-order valence-electron chi connectivity index (χ0n) is 10.4. The zero-order valence-corrected chi connectivity index (χ0v) is 10.4. The lowest BCUT2D eigenvalue weighted by atomic mass is 9.90. The Kier molecular flexibility index (Phi) is 3.85. The third-order valence-electron chi connectivity index (χ3n) is 4.17. The second-order valence-electron chi connectivity index (χ2n) is 5.54. The van der Waals surface area contributed by atoms with Gasteiger partial charge in [-0.25, -0.2) is 0 Å². The average molecular weight is 227 g/mol. The Morgan fingerprint density at radius 1 is 1.31 bits per heavy atom. The lowest BCUT2D eigenvalue weighted by Crippen LogP contribution is -2.56. The Hall–Kier alpha value is -0.160. The molecule has 4 heteroatoms. The molecule has 94 valence electrons.